The minimum absolute atomic E-state index is 0.110. The molecule has 2 bridgehead atoms. The molecule has 1 N–H and O–H groups in total. The molecule has 1 aromatic rings. The third-order valence-corrected chi connectivity index (χ3v) is 7.18. The first-order valence-electron chi connectivity index (χ1n) is 12.5. The Bertz CT molecular complexity index is 1070. The van der Waals surface area contributed by atoms with Crippen molar-refractivity contribution in [3.05, 3.63) is 35.6 Å². The van der Waals surface area contributed by atoms with Gasteiger partial charge in [0.05, 0.1) is 18.2 Å². The van der Waals surface area contributed by atoms with Crippen LogP contribution in [0.5, 0.6) is 0 Å². The van der Waals surface area contributed by atoms with Gasteiger partial charge < -0.3 is 19.9 Å². The number of nitriles is 1. The molecular weight excluding hydrogens is 465 g/mol. The molecule has 9 nitrogen and oxygen atoms in total. The van der Waals surface area contributed by atoms with Crippen LogP contribution in [0.15, 0.2) is 24.3 Å². The number of ether oxygens (including phenoxy) is 1. The highest BCUT2D eigenvalue weighted by Crippen LogP contribution is 2.38. The molecule has 3 aliphatic rings. The Morgan fingerprint density at radius 3 is 2.67 bits per heavy atom. The van der Waals surface area contributed by atoms with Gasteiger partial charge in [-0.05, 0) is 53.0 Å². The molecule has 3 amide bonds. The zero-order valence-electron chi connectivity index (χ0n) is 21.2. The van der Waals surface area contributed by atoms with Crippen molar-refractivity contribution in [3.63, 3.8) is 0 Å². The maximum absolute atomic E-state index is 14.4. The predicted molar refractivity (Wildman–Crippen MR) is 129 cm³/mol. The van der Waals surface area contributed by atoms with Crippen molar-refractivity contribution in [3.8, 4) is 6.07 Å². The highest BCUT2D eigenvalue weighted by atomic mass is 19.1. The number of piperazine rings is 1. The van der Waals surface area contributed by atoms with Crippen LogP contribution in [0.25, 0.3) is 0 Å². The number of amides is 3. The number of benzene rings is 1. The van der Waals surface area contributed by atoms with E-state index in [1.54, 1.807) is 43.9 Å². The maximum Gasteiger partial charge on any atom is 0.408 e. The number of carbonyl (C=O) groups excluding carboxylic acids is 3. The molecule has 4 rings (SSSR count). The summed E-state index contributed by atoms with van der Waals surface area (Å²) in [5, 5.41) is 12.1. The molecule has 1 aromatic carbocycles. The lowest BCUT2D eigenvalue weighted by molar-refractivity contribution is -0.141. The molecule has 5 atom stereocenters. The molecule has 0 saturated carbocycles. The fourth-order valence-electron chi connectivity index (χ4n) is 5.60. The number of hydrogen-bond donors (Lipinski definition) is 1. The van der Waals surface area contributed by atoms with E-state index in [1.165, 1.54) is 11.0 Å². The quantitative estimate of drug-likeness (QED) is 0.645. The van der Waals surface area contributed by atoms with Crippen LogP contribution in [0, 0.1) is 17.1 Å². The van der Waals surface area contributed by atoms with Gasteiger partial charge in [0.2, 0.25) is 11.8 Å². The third kappa shape index (κ3) is 5.16. The van der Waals surface area contributed by atoms with Crippen LogP contribution in [0.4, 0.5) is 9.18 Å². The number of nitrogens with zero attached hydrogens (tertiary/aromatic N) is 4. The van der Waals surface area contributed by atoms with Gasteiger partial charge >= 0.3 is 6.09 Å². The monoisotopic (exact) mass is 499 g/mol. The van der Waals surface area contributed by atoms with Crippen molar-refractivity contribution in [2.24, 2.45) is 0 Å². The molecule has 3 heterocycles. The summed E-state index contributed by atoms with van der Waals surface area (Å²) in [6.07, 6.45) is 1.17. The van der Waals surface area contributed by atoms with E-state index in [2.05, 4.69) is 11.4 Å². The molecule has 4 unspecified atom stereocenters. The Hall–Kier alpha value is -3.19. The van der Waals surface area contributed by atoms with Crippen LogP contribution in [0.2, 0.25) is 0 Å². The summed E-state index contributed by atoms with van der Waals surface area (Å²) in [5.74, 6) is -0.805. The lowest BCUT2D eigenvalue weighted by Gasteiger charge is -2.39. The Kier molecular flexibility index (Phi) is 7.23. The number of nitrogens with one attached hydrogen (secondary N) is 1. The van der Waals surface area contributed by atoms with Gasteiger partial charge in [-0.3, -0.25) is 14.5 Å². The Labute approximate surface area is 211 Å². The minimum Gasteiger partial charge on any atom is -0.444 e. The van der Waals surface area contributed by atoms with Crippen molar-refractivity contribution < 1.29 is 23.5 Å². The lowest BCUT2D eigenvalue weighted by atomic mass is 10.0. The van der Waals surface area contributed by atoms with Crippen LogP contribution >= 0.6 is 0 Å². The summed E-state index contributed by atoms with van der Waals surface area (Å²) in [7, 11) is 0. The van der Waals surface area contributed by atoms with Crippen LogP contribution in [0.3, 0.4) is 0 Å². The lowest BCUT2D eigenvalue weighted by Crippen LogP contribution is -2.59. The number of halogens is 1. The van der Waals surface area contributed by atoms with Crippen LogP contribution in [-0.4, -0.2) is 82.0 Å². The summed E-state index contributed by atoms with van der Waals surface area (Å²) in [4.78, 5) is 44.5. The van der Waals surface area contributed by atoms with Crippen molar-refractivity contribution in [2.75, 3.05) is 19.6 Å². The van der Waals surface area contributed by atoms with E-state index in [0.29, 0.717) is 31.5 Å². The highest BCUT2D eigenvalue weighted by molar-refractivity contribution is 5.88. The van der Waals surface area contributed by atoms with Crippen LogP contribution in [0.1, 0.15) is 58.6 Å². The van der Waals surface area contributed by atoms with Gasteiger partial charge in [-0.2, -0.15) is 5.26 Å². The van der Waals surface area contributed by atoms with E-state index >= 15 is 0 Å². The van der Waals surface area contributed by atoms with E-state index in [1.807, 2.05) is 11.8 Å². The number of rotatable bonds is 6. The summed E-state index contributed by atoms with van der Waals surface area (Å²) in [6.45, 7) is 8.12. The number of carbonyl (C=O) groups is 3. The van der Waals surface area contributed by atoms with Gasteiger partial charge in [0.25, 0.3) is 0 Å². The topological polar surface area (TPSA) is 106 Å². The zero-order valence-corrected chi connectivity index (χ0v) is 21.2. The number of hydrogen-bond acceptors (Lipinski definition) is 6. The molecule has 0 aromatic heterocycles. The second-order valence-corrected chi connectivity index (χ2v) is 10.8. The first-order chi connectivity index (χ1) is 17.0. The molecule has 3 saturated heterocycles. The number of fused-ring (bicyclic) bond motifs is 2. The van der Waals surface area contributed by atoms with Crippen molar-refractivity contribution in [1.82, 2.24) is 20.0 Å². The minimum atomic E-state index is -0.960. The van der Waals surface area contributed by atoms with E-state index in [9.17, 15) is 24.0 Å². The Balaban J connectivity index is 1.49. The zero-order chi connectivity index (χ0) is 26.2. The fraction of sp³-hybridized carbons (Fsp3) is 0.615. The first kappa shape index (κ1) is 25.9. The number of alkyl carbamates (subject to hydrolysis) is 1. The smallest absolute Gasteiger partial charge is 0.408 e. The average molecular weight is 500 g/mol. The summed E-state index contributed by atoms with van der Waals surface area (Å²) >= 11 is 0. The van der Waals surface area contributed by atoms with Gasteiger partial charge in [0.15, 0.2) is 0 Å². The predicted octanol–water partition coefficient (Wildman–Crippen LogP) is 2.58. The SMILES string of the molecule is C[C@@H](c1ccccc1F)N1C(=O)C2CC1CN2CC(NC(=O)OC(C)(C)C)C(=O)N1CCCC1C#N. The van der Waals surface area contributed by atoms with E-state index in [4.69, 9.17) is 4.74 Å². The number of likely N-dealkylation sites (tertiary alicyclic amines) is 3. The highest BCUT2D eigenvalue weighted by Gasteiger charge is 2.52. The molecule has 194 valence electrons. The molecule has 0 aliphatic carbocycles. The van der Waals surface area contributed by atoms with E-state index in [0.717, 1.165) is 6.42 Å². The molecule has 0 radical (unpaired) electrons. The normalized spacial score (nSPS) is 25.6. The van der Waals surface area contributed by atoms with Crippen LogP contribution < -0.4 is 5.32 Å². The van der Waals surface area contributed by atoms with E-state index < -0.39 is 35.9 Å². The second kappa shape index (κ2) is 10.1. The fourth-order valence-corrected chi connectivity index (χ4v) is 5.60. The second-order valence-electron chi connectivity index (χ2n) is 10.8. The molecule has 10 heteroatoms. The van der Waals surface area contributed by atoms with Gasteiger partial charge in [-0.25, -0.2) is 9.18 Å². The van der Waals surface area contributed by atoms with Gasteiger partial charge in [-0.1, -0.05) is 18.2 Å². The summed E-state index contributed by atoms with van der Waals surface area (Å²) in [5.41, 5.74) is -0.270. The van der Waals surface area contributed by atoms with Gasteiger partial charge in [0, 0.05) is 31.2 Å². The standard InChI is InChI=1S/C26H34FN5O4/c1-16(19-9-5-6-10-20(19)27)32-18-12-22(24(32)34)30(14-18)15-21(29-25(35)36-26(2,3)4)23(33)31-11-7-8-17(31)13-28/h5-6,9-10,16-18,21-22H,7-8,11-12,14-15H2,1-4H3,(H,29,35)/t16-,17?,18?,21?,22?/m0/s1. The van der Waals surface area contributed by atoms with Gasteiger partial charge in [-0.15, -0.1) is 0 Å². The third-order valence-electron chi connectivity index (χ3n) is 7.18. The summed E-state index contributed by atoms with van der Waals surface area (Å²) in [6, 6.07) is 6.15. The Morgan fingerprint density at radius 2 is 2.03 bits per heavy atom. The first-order valence-corrected chi connectivity index (χ1v) is 12.5. The maximum atomic E-state index is 14.4. The largest absolute Gasteiger partial charge is 0.444 e. The van der Waals surface area contributed by atoms with Crippen molar-refractivity contribution >= 4 is 17.9 Å². The molecule has 3 fully saturated rings. The molecule has 3 aliphatic heterocycles. The van der Waals surface area contributed by atoms with Crippen LogP contribution in [-0.2, 0) is 14.3 Å². The Morgan fingerprint density at radius 1 is 1.31 bits per heavy atom. The molecule has 36 heavy (non-hydrogen) atoms. The van der Waals surface area contributed by atoms with Crippen molar-refractivity contribution in [2.45, 2.75) is 82.8 Å². The van der Waals surface area contributed by atoms with E-state index in [-0.39, 0.29) is 30.2 Å². The molecule has 0 spiro atoms. The van der Waals surface area contributed by atoms with Gasteiger partial charge in [0.1, 0.15) is 23.5 Å². The average Bonchev–Trinajstić information content (AvgIpc) is 3.51. The summed E-state index contributed by atoms with van der Waals surface area (Å²) < 4.78 is 19.8. The van der Waals surface area contributed by atoms with Crippen molar-refractivity contribution in [1.29, 1.82) is 5.26 Å². The molecular formula is C26H34FN5O4.